The van der Waals surface area contributed by atoms with Gasteiger partial charge in [-0.25, -0.2) is 0 Å². The molecule has 182 valence electrons. The number of carbonyl (C=O) groups is 2. The summed E-state index contributed by atoms with van der Waals surface area (Å²) in [7, 11) is 1.39. The number of hydrogen-bond donors (Lipinski definition) is 4. The third-order valence-electron chi connectivity index (χ3n) is 4.93. The minimum atomic E-state index is -0.793. The highest BCUT2D eigenvalue weighted by molar-refractivity contribution is 6.67. The summed E-state index contributed by atoms with van der Waals surface area (Å²) in [6, 6.07) is 13.2. The molecular weight excluding hydrogens is 515 g/mol. The van der Waals surface area contributed by atoms with Gasteiger partial charge in [-0.3, -0.25) is 15.0 Å². The summed E-state index contributed by atoms with van der Waals surface area (Å²) in [6.45, 7) is 0.853. The van der Waals surface area contributed by atoms with E-state index in [1.165, 1.54) is 26.2 Å². The molecule has 3 aromatic carbocycles. The highest BCUT2D eigenvalue weighted by Gasteiger charge is 2.20. The molecule has 0 spiro atoms. The Morgan fingerprint density at radius 1 is 0.971 bits per heavy atom. The van der Waals surface area contributed by atoms with Crippen LogP contribution in [0.5, 0.6) is 5.75 Å². The summed E-state index contributed by atoms with van der Waals surface area (Å²) < 4.78 is 5.22. The number of rotatable bonds is 8. The molecule has 0 atom stereocenters. The number of aliphatic hydroxyl groups is 1. The van der Waals surface area contributed by atoms with Gasteiger partial charge in [0.1, 0.15) is 5.75 Å². The molecule has 0 aromatic heterocycles. The SMILES string of the molecule is COc1cc(Cl)c(CO)cc1NC(=O)/C(=N\Nc1ccc(-c2ccc(N)c(Cl)c2)cc1Cl)C(C)=O. The molecule has 0 saturated heterocycles. The molecule has 3 aromatic rings. The van der Waals surface area contributed by atoms with E-state index >= 15 is 0 Å². The first-order valence-corrected chi connectivity index (χ1v) is 11.3. The van der Waals surface area contributed by atoms with Gasteiger partial charge in [0.05, 0.1) is 40.8 Å². The summed E-state index contributed by atoms with van der Waals surface area (Å²) in [5.41, 5.74) is 11.0. The number of carbonyl (C=O) groups excluding carboxylic acids is 2. The fourth-order valence-electron chi connectivity index (χ4n) is 3.07. The summed E-state index contributed by atoms with van der Waals surface area (Å²) >= 11 is 18.5. The Hall–Kier alpha value is -3.30. The van der Waals surface area contributed by atoms with E-state index in [1.54, 1.807) is 30.3 Å². The second-order valence-corrected chi connectivity index (χ2v) is 8.54. The fourth-order valence-corrected chi connectivity index (χ4v) is 3.68. The highest BCUT2D eigenvalue weighted by atomic mass is 35.5. The van der Waals surface area contributed by atoms with Crippen molar-refractivity contribution in [1.29, 1.82) is 0 Å². The molecule has 0 bridgehead atoms. The van der Waals surface area contributed by atoms with Gasteiger partial charge < -0.3 is 20.9 Å². The molecule has 11 heteroatoms. The molecule has 0 aliphatic carbocycles. The van der Waals surface area contributed by atoms with E-state index in [0.717, 1.165) is 11.1 Å². The normalized spacial score (nSPS) is 11.2. The lowest BCUT2D eigenvalue weighted by atomic mass is 10.1. The van der Waals surface area contributed by atoms with Crippen LogP contribution >= 0.6 is 34.8 Å². The number of aliphatic hydroxyl groups excluding tert-OH is 1. The van der Waals surface area contributed by atoms with Gasteiger partial charge in [0.2, 0.25) is 0 Å². The van der Waals surface area contributed by atoms with E-state index in [-0.39, 0.29) is 23.1 Å². The fraction of sp³-hybridized carbons (Fsp3) is 0.125. The summed E-state index contributed by atoms with van der Waals surface area (Å²) in [5, 5.41) is 16.9. The number of hydrazone groups is 1. The van der Waals surface area contributed by atoms with Crippen LogP contribution in [0.1, 0.15) is 12.5 Å². The Labute approximate surface area is 216 Å². The maximum atomic E-state index is 12.8. The minimum absolute atomic E-state index is 0.212. The predicted octanol–water partition coefficient (Wildman–Crippen LogP) is 5.39. The molecule has 5 N–H and O–H groups in total. The average molecular weight is 536 g/mol. The number of Topliss-reactive ketones (excluding diaryl/α,β-unsaturated/α-hetero) is 1. The second-order valence-electron chi connectivity index (χ2n) is 7.32. The lowest BCUT2D eigenvalue weighted by molar-refractivity contribution is -0.114. The average Bonchev–Trinajstić information content (AvgIpc) is 2.82. The van der Waals surface area contributed by atoms with Crippen molar-refractivity contribution >= 4 is 69.3 Å². The van der Waals surface area contributed by atoms with E-state index in [4.69, 9.17) is 45.3 Å². The highest BCUT2D eigenvalue weighted by Crippen LogP contribution is 2.33. The Morgan fingerprint density at radius 3 is 2.20 bits per heavy atom. The number of benzene rings is 3. The largest absolute Gasteiger partial charge is 0.495 e. The Balaban J connectivity index is 1.84. The van der Waals surface area contributed by atoms with E-state index < -0.39 is 17.4 Å². The van der Waals surface area contributed by atoms with Crippen LogP contribution in [0.4, 0.5) is 17.1 Å². The van der Waals surface area contributed by atoms with Crippen LogP contribution in [0, 0.1) is 0 Å². The zero-order valence-corrected chi connectivity index (χ0v) is 20.9. The molecule has 3 rings (SSSR count). The molecular formula is C24H21Cl3N4O4. The number of amides is 1. The van der Waals surface area contributed by atoms with Crippen molar-refractivity contribution in [3.63, 3.8) is 0 Å². The molecule has 0 aliphatic rings. The first-order chi connectivity index (χ1) is 16.6. The van der Waals surface area contributed by atoms with Crippen LogP contribution in [0.3, 0.4) is 0 Å². The van der Waals surface area contributed by atoms with Crippen molar-refractivity contribution in [3.05, 3.63) is 69.2 Å². The van der Waals surface area contributed by atoms with Gasteiger partial charge in [-0.05, 0) is 47.0 Å². The van der Waals surface area contributed by atoms with Crippen LogP contribution < -0.4 is 21.2 Å². The predicted molar refractivity (Wildman–Crippen MR) is 141 cm³/mol. The maximum Gasteiger partial charge on any atom is 0.279 e. The summed E-state index contributed by atoms with van der Waals surface area (Å²) in [6.07, 6.45) is 0. The molecule has 0 saturated carbocycles. The van der Waals surface area contributed by atoms with Crippen LogP contribution in [0.2, 0.25) is 15.1 Å². The summed E-state index contributed by atoms with van der Waals surface area (Å²) in [4.78, 5) is 24.9. The Morgan fingerprint density at radius 2 is 1.63 bits per heavy atom. The van der Waals surface area contributed by atoms with Gasteiger partial charge in [-0.15, -0.1) is 0 Å². The lowest BCUT2D eigenvalue weighted by Gasteiger charge is -2.13. The number of hydrogen-bond acceptors (Lipinski definition) is 7. The Bertz CT molecular complexity index is 1330. The van der Waals surface area contributed by atoms with Crippen molar-refractivity contribution < 1.29 is 19.4 Å². The Kier molecular flexibility index (Phi) is 8.58. The number of nitrogens with one attached hydrogen (secondary N) is 2. The quantitative estimate of drug-likeness (QED) is 0.133. The molecule has 0 heterocycles. The molecule has 0 fully saturated rings. The van der Waals surface area contributed by atoms with Crippen molar-refractivity contribution in [2.24, 2.45) is 5.10 Å². The number of nitrogens with zero attached hydrogens (tertiary/aromatic N) is 1. The van der Waals surface area contributed by atoms with Gasteiger partial charge in [0.25, 0.3) is 5.91 Å². The van der Waals surface area contributed by atoms with Gasteiger partial charge in [-0.1, -0.05) is 46.9 Å². The van der Waals surface area contributed by atoms with Crippen LogP contribution in [0.25, 0.3) is 11.1 Å². The number of ether oxygens (including phenoxy) is 1. The molecule has 1 amide bonds. The van der Waals surface area contributed by atoms with Crippen LogP contribution in [0.15, 0.2) is 53.6 Å². The number of nitrogen functional groups attached to an aromatic ring is 1. The minimum Gasteiger partial charge on any atom is -0.495 e. The van der Waals surface area contributed by atoms with Crippen molar-refractivity contribution in [2.75, 3.05) is 23.6 Å². The van der Waals surface area contributed by atoms with E-state index in [0.29, 0.717) is 27.0 Å². The molecule has 8 nitrogen and oxygen atoms in total. The maximum absolute atomic E-state index is 12.8. The molecule has 35 heavy (non-hydrogen) atoms. The van der Waals surface area contributed by atoms with Crippen molar-refractivity contribution in [1.82, 2.24) is 0 Å². The number of halogens is 3. The van der Waals surface area contributed by atoms with Crippen molar-refractivity contribution in [2.45, 2.75) is 13.5 Å². The van der Waals surface area contributed by atoms with Gasteiger partial charge in [0, 0.05) is 18.0 Å². The van der Waals surface area contributed by atoms with Crippen molar-refractivity contribution in [3.8, 4) is 16.9 Å². The van der Waals surface area contributed by atoms with Gasteiger partial charge in [-0.2, -0.15) is 5.10 Å². The smallest absolute Gasteiger partial charge is 0.279 e. The zero-order chi connectivity index (χ0) is 25.7. The molecule has 0 unspecified atom stereocenters. The standard InChI is InChI=1S/C24H21Cl3N4O4/c1-12(33)23(24(34)29-21-9-15(11-32)16(25)10-22(21)35-2)31-30-20-6-4-14(8-18(20)27)13-3-5-19(28)17(26)7-13/h3-10,30,32H,11,28H2,1-2H3,(H,29,34)/b31-23-. The first-order valence-electron chi connectivity index (χ1n) is 10.1. The number of nitrogens with two attached hydrogens (primary N) is 1. The number of methoxy groups -OCH3 is 1. The topological polar surface area (TPSA) is 126 Å². The second kappa shape index (κ2) is 11.4. The van der Waals surface area contributed by atoms with Crippen LogP contribution in [-0.2, 0) is 16.2 Å². The van der Waals surface area contributed by atoms with E-state index in [1.807, 2.05) is 6.07 Å². The monoisotopic (exact) mass is 534 g/mol. The third kappa shape index (κ3) is 6.23. The number of anilines is 3. The first kappa shape index (κ1) is 26.3. The third-order valence-corrected chi connectivity index (χ3v) is 5.92. The number of ketones is 1. The lowest BCUT2D eigenvalue weighted by Crippen LogP contribution is -2.29. The van der Waals surface area contributed by atoms with E-state index in [2.05, 4.69) is 15.8 Å². The zero-order valence-electron chi connectivity index (χ0n) is 18.7. The van der Waals surface area contributed by atoms with E-state index in [9.17, 15) is 14.7 Å². The van der Waals surface area contributed by atoms with Crippen LogP contribution in [-0.4, -0.2) is 29.6 Å². The van der Waals surface area contributed by atoms with Gasteiger partial charge >= 0.3 is 0 Å². The molecule has 0 radical (unpaired) electrons. The summed E-state index contributed by atoms with van der Waals surface area (Å²) in [5.74, 6) is -1.13. The van der Waals surface area contributed by atoms with Gasteiger partial charge in [0.15, 0.2) is 11.5 Å². The molecule has 0 aliphatic heterocycles.